The molecule has 0 radical (unpaired) electrons. The van der Waals surface area contributed by atoms with Crippen LogP contribution in [0, 0.1) is 0 Å². The summed E-state index contributed by atoms with van der Waals surface area (Å²) in [6.45, 7) is 0. The fourth-order valence-corrected chi connectivity index (χ4v) is 3.31. The fourth-order valence-electron chi connectivity index (χ4n) is 2.40. The number of aromatic nitrogens is 1. The van der Waals surface area contributed by atoms with Gasteiger partial charge >= 0.3 is 5.76 Å². The Hall–Kier alpha value is -2.91. The highest BCUT2D eigenvalue weighted by atomic mass is 32.2. The Bertz CT molecular complexity index is 1140. The molecular weight excluding hydrogens is 358 g/mol. The first-order valence-corrected chi connectivity index (χ1v) is 9.07. The van der Waals surface area contributed by atoms with Gasteiger partial charge < -0.3 is 9.73 Å². The van der Waals surface area contributed by atoms with Gasteiger partial charge in [0.25, 0.3) is 5.91 Å². The Morgan fingerprint density at radius 1 is 1.12 bits per heavy atom. The summed E-state index contributed by atoms with van der Waals surface area (Å²) in [7, 11) is 0.923. The van der Waals surface area contributed by atoms with Crippen molar-refractivity contribution < 1.29 is 17.6 Å². The van der Waals surface area contributed by atoms with Crippen molar-refractivity contribution in [1.29, 1.82) is 0 Å². The third-order valence-corrected chi connectivity index (χ3v) is 5.77. The van der Waals surface area contributed by atoms with Crippen molar-refractivity contribution in [2.24, 2.45) is 7.05 Å². The second-order valence-electron chi connectivity index (χ2n) is 5.88. The summed E-state index contributed by atoms with van der Waals surface area (Å²) in [6, 6.07) is 10.5. The summed E-state index contributed by atoms with van der Waals surface area (Å²) in [5, 5.41) is 2.69. The van der Waals surface area contributed by atoms with Crippen LogP contribution < -0.4 is 11.1 Å². The van der Waals surface area contributed by atoms with Gasteiger partial charge in [-0.3, -0.25) is 9.36 Å². The Labute approximate surface area is 149 Å². The van der Waals surface area contributed by atoms with Crippen LogP contribution >= 0.6 is 0 Å². The van der Waals surface area contributed by atoms with Gasteiger partial charge in [0.2, 0.25) is 10.0 Å². The molecule has 1 N–H and O–H groups in total. The standard InChI is InChI=1S/C17H17N3O5S/c1-19(2)26(23,24)13-7-4-11(5-8-13)16(21)18-12-6-9-14-15(10-12)25-17(22)20(14)3/h4-10H,1-3H3,(H,18,21). The van der Waals surface area contributed by atoms with Crippen LogP contribution in [0.5, 0.6) is 0 Å². The van der Waals surface area contributed by atoms with Crippen molar-refractivity contribution in [3.05, 3.63) is 58.6 Å². The Kier molecular flexibility index (Phi) is 4.43. The number of nitrogens with one attached hydrogen (secondary N) is 1. The average Bonchev–Trinajstić information content (AvgIpc) is 2.88. The molecule has 0 bridgehead atoms. The third-order valence-electron chi connectivity index (χ3n) is 3.95. The molecule has 26 heavy (non-hydrogen) atoms. The summed E-state index contributed by atoms with van der Waals surface area (Å²) in [4.78, 5) is 24.0. The predicted molar refractivity (Wildman–Crippen MR) is 96.7 cm³/mol. The van der Waals surface area contributed by atoms with E-state index < -0.39 is 21.7 Å². The van der Waals surface area contributed by atoms with Gasteiger partial charge in [-0.2, -0.15) is 0 Å². The highest BCUT2D eigenvalue weighted by Gasteiger charge is 2.17. The Morgan fingerprint density at radius 2 is 1.77 bits per heavy atom. The molecule has 0 atom stereocenters. The normalized spacial score (nSPS) is 11.8. The smallest absolute Gasteiger partial charge is 0.408 e. The monoisotopic (exact) mass is 375 g/mol. The minimum atomic E-state index is -3.55. The van der Waals surface area contributed by atoms with E-state index >= 15 is 0 Å². The van der Waals surface area contributed by atoms with E-state index in [2.05, 4.69) is 5.32 Å². The van der Waals surface area contributed by atoms with Gasteiger partial charge in [0.15, 0.2) is 5.58 Å². The van der Waals surface area contributed by atoms with E-state index in [4.69, 9.17) is 4.42 Å². The molecule has 1 amide bonds. The predicted octanol–water partition coefficient (Wildman–Crippen LogP) is 1.63. The minimum Gasteiger partial charge on any atom is -0.408 e. The first-order chi connectivity index (χ1) is 12.2. The van der Waals surface area contributed by atoms with Crippen LogP contribution in [-0.4, -0.2) is 37.3 Å². The molecule has 0 fully saturated rings. The maximum absolute atomic E-state index is 12.3. The molecule has 9 heteroatoms. The number of hydrogen-bond acceptors (Lipinski definition) is 5. The molecule has 0 unspecified atom stereocenters. The van der Waals surface area contributed by atoms with E-state index in [-0.39, 0.29) is 4.90 Å². The zero-order valence-electron chi connectivity index (χ0n) is 14.4. The number of carbonyl (C=O) groups excluding carboxylic acids is 1. The minimum absolute atomic E-state index is 0.103. The van der Waals surface area contributed by atoms with Crippen molar-refractivity contribution in [1.82, 2.24) is 8.87 Å². The summed E-state index contributed by atoms with van der Waals surface area (Å²) >= 11 is 0. The van der Waals surface area contributed by atoms with Crippen molar-refractivity contribution >= 4 is 32.7 Å². The van der Waals surface area contributed by atoms with Gasteiger partial charge in [0, 0.05) is 38.5 Å². The van der Waals surface area contributed by atoms with E-state index in [1.165, 1.54) is 42.9 Å². The Balaban J connectivity index is 1.83. The Morgan fingerprint density at radius 3 is 2.38 bits per heavy atom. The molecule has 3 aromatic rings. The van der Waals surface area contributed by atoms with Crippen LogP contribution in [-0.2, 0) is 17.1 Å². The number of rotatable bonds is 4. The molecule has 136 valence electrons. The number of oxazole rings is 1. The van der Waals surface area contributed by atoms with Crippen molar-refractivity contribution in [3.63, 3.8) is 0 Å². The molecule has 0 aliphatic heterocycles. The molecule has 0 spiro atoms. The first kappa shape index (κ1) is 17.9. The van der Waals surface area contributed by atoms with Crippen LogP contribution in [0.4, 0.5) is 5.69 Å². The summed E-state index contributed by atoms with van der Waals surface area (Å²) in [5.41, 5.74) is 1.74. The maximum Gasteiger partial charge on any atom is 0.419 e. The van der Waals surface area contributed by atoms with Crippen LogP contribution in [0.25, 0.3) is 11.1 Å². The number of carbonyl (C=O) groups is 1. The van der Waals surface area contributed by atoms with Gasteiger partial charge in [0.05, 0.1) is 10.4 Å². The van der Waals surface area contributed by atoms with Crippen LogP contribution in [0.3, 0.4) is 0 Å². The van der Waals surface area contributed by atoms with Gasteiger partial charge in [-0.1, -0.05) is 0 Å². The highest BCUT2D eigenvalue weighted by Crippen LogP contribution is 2.19. The summed E-state index contributed by atoms with van der Waals surface area (Å²) < 4.78 is 31.6. The molecule has 2 aromatic carbocycles. The van der Waals surface area contributed by atoms with Crippen LogP contribution in [0.2, 0.25) is 0 Å². The zero-order chi connectivity index (χ0) is 19.1. The SMILES string of the molecule is CN(C)S(=O)(=O)c1ccc(C(=O)Nc2ccc3c(c2)oc(=O)n3C)cc1. The van der Waals surface area contributed by atoms with Gasteiger partial charge in [-0.25, -0.2) is 17.5 Å². The lowest BCUT2D eigenvalue weighted by Gasteiger charge is -2.11. The van der Waals surface area contributed by atoms with Crippen LogP contribution in [0.15, 0.2) is 56.6 Å². The number of amides is 1. The lowest BCUT2D eigenvalue weighted by atomic mass is 10.2. The third kappa shape index (κ3) is 3.14. The molecule has 1 heterocycles. The lowest BCUT2D eigenvalue weighted by Crippen LogP contribution is -2.22. The molecule has 0 saturated heterocycles. The molecule has 3 rings (SSSR count). The van der Waals surface area contributed by atoms with E-state index in [9.17, 15) is 18.0 Å². The largest absolute Gasteiger partial charge is 0.419 e. The summed E-state index contributed by atoms with van der Waals surface area (Å²) in [6.07, 6.45) is 0. The van der Waals surface area contributed by atoms with Crippen molar-refractivity contribution in [2.45, 2.75) is 4.90 Å². The van der Waals surface area contributed by atoms with Gasteiger partial charge in [-0.15, -0.1) is 0 Å². The second kappa shape index (κ2) is 6.43. The van der Waals surface area contributed by atoms with Gasteiger partial charge in [-0.05, 0) is 36.4 Å². The number of fused-ring (bicyclic) bond motifs is 1. The molecule has 0 saturated carbocycles. The van der Waals surface area contributed by atoms with E-state index in [1.54, 1.807) is 25.2 Å². The van der Waals surface area contributed by atoms with E-state index in [1.807, 2.05) is 0 Å². The number of nitrogens with zero attached hydrogens (tertiary/aromatic N) is 2. The van der Waals surface area contributed by atoms with E-state index in [0.717, 1.165) is 4.31 Å². The molecule has 8 nitrogen and oxygen atoms in total. The molecule has 0 aliphatic rings. The van der Waals surface area contributed by atoms with Crippen molar-refractivity contribution in [2.75, 3.05) is 19.4 Å². The second-order valence-corrected chi connectivity index (χ2v) is 8.03. The molecule has 0 aliphatic carbocycles. The number of aryl methyl sites for hydroxylation is 1. The molecule has 1 aromatic heterocycles. The zero-order valence-corrected chi connectivity index (χ0v) is 15.2. The first-order valence-electron chi connectivity index (χ1n) is 7.63. The number of anilines is 1. The van der Waals surface area contributed by atoms with Crippen molar-refractivity contribution in [3.8, 4) is 0 Å². The quantitative estimate of drug-likeness (QED) is 0.747. The number of benzene rings is 2. The van der Waals surface area contributed by atoms with E-state index in [0.29, 0.717) is 22.4 Å². The number of hydrogen-bond donors (Lipinski definition) is 1. The molecular formula is C17H17N3O5S. The maximum atomic E-state index is 12.3. The number of sulfonamides is 1. The average molecular weight is 375 g/mol. The fraction of sp³-hybridized carbons (Fsp3) is 0.176. The van der Waals surface area contributed by atoms with Crippen LogP contribution in [0.1, 0.15) is 10.4 Å². The summed E-state index contributed by atoms with van der Waals surface area (Å²) in [5.74, 6) is -0.891. The van der Waals surface area contributed by atoms with Gasteiger partial charge in [0.1, 0.15) is 0 Å². The lowest BCUT2D eigenvalue weighted by molar-refractivity contribution is 0.102. The highest BCUT2D eigenvalue weighted by molar-refractivity contribution is 7.89. The topological polar surface area (TPSA) is 102 Å².